The van der Waals surface area contributed by atoms with Gasteiger partial charge < -0.3 is 8.37 Å². The Morgan fingerprint density at radius 1 is 0.621 bits per heavy atom. The van der Waals surface area contributed by atoms with Crippen molar-refractivity contribution in [2.24, 2.45) is 0 Å². The van der Waals surface area contributed by atoms with Crippen LogP contribution in [0.15, 0.2) is 48.5 Å². The fourth-order valence-corrected chi connectivity index (χ4v) is 5.62. The number of alkyl halides is 6. The van der Waals surface area contributed by atoms with Crippen LogP contribution in [-0.4, -0.2) is 21.9 Å². The average Bonchev–Trinajstić information content (AvgIpc) is 2.51. The number of hydrogen-bond acceptors (Lipinski definition) is 6. The van der Waals surface area contributed by atoms with Gasteiger partial charge in [-0.2, -0.15) is 16.8 Å². The third kappa shape index (κ3) is 7.40. The van der Waals surface area contributed by atoms with Crippen molar-refractivity contribution in [2.75, 3.05) is 5.08 Å². The summed E-state index contributed by atoms with van der Waals surface area (Å²) in [4.78, 5) is 0. The van der Waals surface area contributed by atoms with Gasteiger partial charge in [-0.25, -0.2) is 0 Å². The molecule has 2 aromatic rings. The third-order valence-corrected chi connectivity index (χ3v) is 7.51. The predicted octanol–water partition coefficient (Wildman–Crippen LogP) is 5.41. The molecule has 0 aliphatic carbocycles. The monoisotopic (exact) mass is 560 g/mol. The van der Waals surface area contributed by atoms with Crippen molar-refractivity contribution in [2.45, 2.75) is 7.59 Å². The van der Waals surface area contributed by atoms with E-state index in [4.69, 9.17) is 78.0 Å². The van der Waals surface area contributed by atoms with E-state index in [1.165, 1.54) is 48.5 Å². The topological polar surface area (TPSA) is 86.7 Å². The van der Waals surface area contributed by atoms with Crippen LogP contribution < -0.4 is 8.37 Å². The summed E-state index contributed by atoms with van der Waals surface area (Å²) in [6, 6.07) is 10.8. The first-order valence-electron chi connectivity index (χ1n) is 7.27. The normalized spacial score (nSPS) is 13.2. The lowest BCUT2D eigenvalue weighted by Gasteiger charge is -2.17. The van der Waals surface area contributed by atoms with Crippen molar-refractivity contribution in [3.8, 4) is 11.5 Å². The SMILES string of the molecule is O=S(=O)(CS(=O)(=O)Oc1ccccc1C(Cl)(Cl)Cl)Oc1ccccc1C(Cl)(Cl)Cl. The van der Waals surface area contributed by atoms with Gasteiger partial charge in [0.15, 0.2) is 0 Å². The van der Waals surface area contributed by atoms with E-state index >= 15 is 0 Å². The van der Waals surface area contributed by atoms with Gasteiger partial charge >= 0.3 is 20.2 Å². The lowest BCUT2D eigenvalue weighted by molar-refractivity contribution is 0.472. The van der Waals surface area contributed by atoms with Crippen LogP contribution in [0, 0.1) is 0 Å². The molecule has 0 atom stereocenters. The average molecular weight is 563 g/mol. The van der Waals surface area contributed by atoms with Crippen LogP contribution >= 0.6 is 69.6 Å². The van der Waals surface area contributed by atoms with E-state index in [1.807, 2.05) is 0 Å². The smallest absolute Gasteiger partial charge is 0.327 e. The van der Waals surface area contributed by atoms with Crippen molar-refractivity contribution in [3.63, 3.8) is 0 Å². The second-order valence-corrected chi connectivity index (χ2v) is 13.5. The highest BCUT2D eigenvalue weighted by Gasteiger charge is 2.33. The minimum Gasteiger partial charge on any atom is -0.381 e. The Labute approximate surface area is 197 Å². The highest BCUT2D eigenvalue weighted by molar-refractivity contribution is 8.04. The quantitative estimate of drug-likeness (QED) is 0.345. The Bertz CT molecular complexity index is 1000. The van der Waals surface area contributed by atoms with Gasteiger partial charge in [0.25, 0.3) is 0 Å². The molecule has 2 aromatic carbocycles. The largest absolute Gasteiger partial charge is 0.381 e. The Morgan fingerprint density at radius 2 is 0.931 bits per heavy atom. The molecule has 0 fully saturated rings. The summed E-state index contributed by atoms with van der Waals surface area (Å²) in [6.07, 6.45) is 0. The van der Waals surface area contributed by atoms with Gasteiger partial charge in [-0.05, 0) is 12.1 Å². The molecule has 0 saturated heterocycles. The maximum Gasteiger partial charge on any atom is 0.327 e. The fraction of sp³-hybridized carbons (Fsp3) is 0.200. The molecule has 0 aliphatic rings. The minimum atomic E-state index is -4.73. The summed E-state index contributed by atoms with van der Waals surface area (Å²) < 4.78 is 54.7. The highest BCUT2D eigenvalue weighted by atomic mass is 35.6. The molecular weight excluding hydrogens is 553 g/mol. The summed E-state index contributed by atoms with van der Waals surface area (Å²) in [5.74, 6) is -0.714. The van der Waals surface area contributed by atoms with Gasteiger partial charge in [-0.15, -0.1) is 0 Å². The van der Waals surface area contributed by atoms with Crippen molar-refractivity contribution < 1.29 is 25.2 Å². The van der Waals surface area contributed by atoms with E-state index in [1.54, 1.807) is 0 Å². The first-order chi connectivity index (χ1) is 13.1. The van der Waals surface area contributed by atoms with Crippen molar-refractivity contribution in [1.29, 1.82) is 0 Å². The zero-order chi connectivity index (χ0) is 22.1. The summed E-state index contributed by atoms with van der Waals surface area (Å²) in [7, 11) is -9.46. The molecule has 0 saturated carbocycles. The third-order valence-electron chi connectivity index (χ3n) is 3.11. The van der Waals surface area contributed by atoms with E-state index < -0.39 is 32.9 Å². The first-order valence-corrected chi connectivity index (χ1v) is 12.7. The summed E-state index contributed by atoms with van der Waals surface area (Å²) >= 11 is 34.6. The van der Waals surface area contributed by atoms with Gasteiger partial charge in [0.2, 0.25) is 12.7 Å². The molecule has 0 aliphatic heterocycles. The van der Waals surface area contributed by atoms with Gasteiger partial charge in [-0.3, -0.25) is 0 Å². The van der Waals surface area contributed by atoms with Crippen molar-refractivity contribution in [3.05, 3.63) is 59.7 Å². The second kappa shape index (κ2) is 9.04. The van der Waals surface area contributed by atoms with Crippen LogP contribution in [0.3, 0.4) is 0 Å². The molecule has 14 heteroatoms. The lowest BCUT2D eigenvalue weighted by Crippen LogP contribution is -2.26. The number of para-hydroxylation sites is 2. The summed E-state index contributed by atoms with van der Waals surface area (Å²) in [6.45, 7) is 0. The Morgan fingerprint density at radius 3 is 1.24 bits per heavy atom. The Hall–Kier alpha value is -0.320. The van der Waals surface area contributed by atoms with Gasteiger partial charge in [0.1, 0.15) is 11.5 Å². The van der Waals surface area contributed by atoms with Crippen molar-refractivity contribution >= 4 is 89.8 Å². The summed E-state index contributed by atoms with van der Waals surface area (Å²) in [5, 5.41) is -1.55. The molecule has 0 unspecified atom stereocenters. The molecule has 6 nitrogen and oxygen atoms in total. The fourth-order valence-electron chi connectivity index (χ4n) is 2.05. The molecule has 160 valence electrons. The highest BCUT2D eigenvalue weighted by Crippen LogP contribution is 2.44. The van der Waals surface area contributed by atoms with Crippen LogP contribution in [-0.2, 0) is 27.8 Å². The van der Waals surface area contributed by atoms with Gasteiger partial charge in [0.05, 0.1) is 0 Å². The number of rotatable bonds is 6. The van der Waals surface area contributed by atoms with Crippen LogP contribution in [0.2, 0.25) is 0 Å². The van der Waals surface area contributed by atoms with E-state index in [-0.39, 0.29) is 22.6 Å². The molecule has 0 amide bonds. The zero-order valence-corrected chi connectivity index (χ0v) is 20.0. The zero-order valence-electron chi connectivity index (χ0n) is 13.9. The predicted molar refractivity (Wildman–Crippen MR) is 115 cm³/mol. The minimum absolute atomic E-state index is 0.103. The Balaban J connectivity index is 2.28. The molecule has 2 rings (SSSR count). The maximum absolute atomic E-state index is 12.3. The van der Waals surface area contributed by atoms with Gasteiger partial charge in [-0.1, -0.05) is 106 Å². The van der Waals surface area contributed by atoms with E-state index in [0.717, 1.165) is 0 Å². The summed E-state index contributed by atoms with van der Waals surface area (Å²) in [5.41, 5.74) is -0.207. The van der Waals surface area contributed by atoms with Crippen molar-refractivity contribution in [1.82, 2.24) is 0 Å². The van der Waals surface area contributed by atoms with Crippen LogP contribution in [0.1, 0.15) is 11.1 Å². The van der Waals surface area contributed by atoms with E-state index in [2.05, 4.69) is 0 Å². The van der Waals surface area contributed by atoms with E-state index in [0.29, 0.717) is 0 Å². The Kier molecular flexibility index (Phi) is 7.78. The molecule has 0 N–H and O–H groups in total. The van der Waals surface area contributed by atoms with Crippen LogP contribution in [0.5, 0.6) is 11.5 Å². The van der Waals surface area contributed by atoms with Gasteiger partial charge in [0, 0.05) is 11.1 Å². The van der Waals surface area contributed by atoms with E-state index in [9.17, 15) is 16.8 Å². The maximum atomic E-state index is 12.3. The number of hydrogen-bond donors (Lipinski definition) is 0. The second-order valence-electron chi connectivity index (χ2n) is 5.39. The molecule has 0 radical (unpaired) electrons. The van der Waals surface area contributed by atoms with Crippen LogP contribution in [0.25, 0.3) is 0 Å². The number of benzene rings is 2. The lowest BCUT2D eigenvalue weighted by atomic mass is 10.2. The first kappa shape index (κ1) is 24.9. The van der Waals surface area contributed by atoms with Crippen LogP contribution in [0.4, 0.5) is 0 Å². The number of halogens is 6. The molecule has 0 spiro atoms. The molecular formula is C15H10Cl6O6S2. The molecule has 0 aromatic heterocycles. The molecule has 0 heterocycles. The molecule has 0 bridgehead atoms. The molecule has 29 heavy (non-hydrogen) atoms. The standard InChI is InChI=1S/C15H10Cl6O6S2/c16-14(17,18)10-5-1-3-7-12(10)26-28(22,23)9-29(24,25)27-13-8-4-2-6-11(13)15(19,20)21/h1-8H,9H2.